The average Bonchev–Trinajstić information content (AvgIpc) is 2.88. The van der Waals surface area contributed by atoms with Crippen molar-refractivity contribution in [3.05, 3.63) is 59.7 Å². The number of para-hydroxylation sites is 1. The Hall–Kier alpha value is -3.59. The highest BCUT2D eigenvalue weighted by Crippen LogP contribution is 2.37. The number of rotatable bonds is 3. The zero-order valence-electron chi connectivity index (χ0n) is 13.7. The van der Waals surface area contributed by atoms with E-state index in [2.05, 4.69) is 5.32 Å². The van der Waals surface area contributed by atoms with E-state index < -0.39 is 5.91 Å². The van der Waals surface area contributed by atoms with Crippen molar-refractivity contribution >= 4 is 28.8 Å². The van der Waals surface area contributed by atoms with E-state index in [9.17, 15) is 14.9 Å². The first-order valence-electron chi connectivity index (χ1n) is 7.54. The number of anilines is 2. The maximum Gasteiger partial charge on any atom is 0.267 e. The first kappa shape index (κ1) is 16.3. The molecule has 0 atom stereocenters. The third-order valence-corrected chi connectivity index (χ3v) is 3.97. The highest BCUT2D eigenvalue weighted by atomic mass is 16.5. The Labute approximate surface area is 144 Å². The standard InChI is InChI=1S/C19H15N3O3/c1-22-16-9-4-3-8-14(16)17(19(22)24)15(11-20)18(23)21-12-6-5-7-13(10-12)25-2/h3-10H,1-2H3,(H,21,23). The SMILES string of the molecule is COc1cccc(NC(=O)C(C#N)=C2C(=O)N(C)c3ccccc32)c1. The normalized spacial score (nSPS) is 14.6. The molecule has 1 aliphatic rings. The van der Waals surface area contributed by atoms with Gasteiger partial charge >= 0.3 is 0 Å². The number of nitrogens with one attached hydrogen (secondary N) is 1. The van der Waals surface area contributed by atoms with E-state index in [0.29, 0.717) is 22.7 Å². The fraction of sp³-hybridized carbons (Fsp3) is 0.105. The Morgan fingerprint density at radius 2 is 1.96 bits per heavy atom. The molecular formula is C19H15N3O3. The van der Waals surface area contributed by atoms with E-state index in [1.165, 1.54) is 12.0 Å². The van der Waals surface area contributed by atoms with Crippen LogP contribution in [0.1, 0.15) is 5.56 Å². The van der Waals surface area contributed by atoms with Gasteiger partial charge in [0, 0.05) is 24.4 Å². The van der Waals surface area contributed by atoms with Crippen LogP contribution in [0.3, 0.4) is 0 Å². The van der Waals surface area contributed by atoms with Crippen molar-refractivity contribution < 1.29 is 14.3 Å². The van der Waals surface area contributed by atoms with E-state index in [1.807, 2.05) is 6.07 Å². The third-order valence-electron chi connectivity index (χ3n) is 3.97. The van der Waals surface area contributed by atoms with Crippen LogP contribution in [0.15, 0.2) is 54.1 Å². The second-order valence-electron chi connectivity index (χ2n) is 5.43. The molecule has 0 radical (unpaired) electrons. The van der Waals surface area contributed by atoms with E-state index >= 15 is 0 Å². The second kappa shape index (κ2) is 6.49. The van der Waals surface area contributed by atoms with E-state index in [4.69, 9.17) is 4.74 Å². The number of amides is 2. The van der Waals surface area contributed by atoms with Gasteiger partial charge in [-0.15, -0.1) is 0 Å². The van der Waals surface area contributed by atoms with Crippen molar-refractivity contribution in [3.8, 4) is 11.8 Å². The monoisotopic (exact) mass is 333 g/mol. The molecule has 25 heavy (non-hydrogen) atoms. The summed E-state index contributed by atoms with van der Waals surface area (Å²) < 4.78 is 5.11. The Morgan fingerprint density at radius 1 is 1.20 bits per heavy atom. The topological polar surface area (TPSA) is 82.4 Å². The number of fused-ring (bicyclic) bond motifs is 1. The first-order chi connectivity index (χ1) is 12.1. The van der Waals surface area contributed by atoms with E-state index in [1.54, 1.807) is 55.6 Å². The van der Waals surface area contributed by atoms with Crippen molar-refractivity contribution in [3.63, 3.8) is 0 Å². The summed E-state index contributed by atoms with van der Waals surface area (Å²) in [5.41, 5.74) is 1.62. The number of likely N-dealkylation sites (N-methyl/N-ethyl adjacent to an activating group) is 1. The molecule has 0 aliphatic carbocycles. The lowest BCUT2D eigenvalue weighted by atomic mass is 10.0. The average molecular weight is 333 g/mol. The van der Waals surface area contributed by atoms with E-state index in [0.717, 1.165) is 0 Å². The lowest BCUT2D eigenvalue weighted by molar-refractivity contribution is -0.114. The van der Waals surface area contributed by atoms with Gasteiger partial charge in [0.15, 0.2) is 0 Å². The Balaban J connectivity index is 2.02. The number of carbonyl (C=O) groups is 2. The molecule has 0 fully saturated rings. The van der Waals surface area contributed by atoms with Gasteiger partial charge in [-0.25, -0.2) is 0 Å². The minimum Gasteiger partial charge on any atom is -0.497 e. The lowest BCUT2D eigenvalue weighted by Crippen LogP contribution is -2.23. The highest BCUT2D eigenvalue weighted by molar-refractivity contribution is 6.37. The number of carbonyl (C=O) groups excluding carboxylic acids is 2. The van der Waals surface area contributed by atoms with Crippen molar-refractivity contribution in [1.82, 2.24) is 0 Å². The van der Waals surface area contributed by atoms with Crippen LogP contribution in [0, 0.1) is 11.3 Å². The van der Waals surface area contributed by atoms with Crippen molar-refractivity contribution in [2.24, 2.45) is 0 Å². The Morgan fingerprint density at radius 3 is 2.68 bits per heavy atom. The van der Waals surface area contributed by atoms with Gasteiger partial charge in [0.1, 0.15) is 17.4 Å². The number of nitrogens with zero attached hydrogens (tertiary/aromatic N) is 2. The summed E-state index contributed by atoms with van der Waals surface area (Å²) in [4.78, 5) is 26.6. The van der Waals surface area contributed by atoms with Gasteiger partial charge in [0.25, 0.3) is 11.8 Å². The Bertz CT molecular complexity index is 941. The molecule has 1 aliphatic heterocycles. The maximum atomic E-state index is 12.6. The fourth-order valence-corrected chi connectivity index (χ4v) is 2.73. The summed E-state index contributed by atoms with van der Waals surface area (Å²) >= 11 is 0. The third kappa shape index (κ3) is 2.83. The van der Waals surface area contributed by atoms with Crippen LogP contribution < -0.4 is 15.0 Å². The van der Waals surface area contributed by atoms with Crippen LogP contribution in [0.4, 0.5) is 11.4 Å². The van der Waals surface area contributed by atoms with Crippen LogP contribution in [0.25, 0.3) is 5.57 Å². The molecule has 6 nitrogen and oxygen atoms in total. The molecule has 0 spiro atoms. The molecule has 0 aromatic heterocycles. The smallest absolute Gasteiger partial charge is 0.267 e. The number of methoxy groups -OCH3 is 1. The summed E-state index contributed by atoms with van der Waals surface area (Å²) in [6.45, 7) is 0. The molecule has 2 aromatic carbocycles. The van der Waals surface area contributed by atoms with Gasteiger partial charge in [0.05, 0.1) is 18.4 Å². The minimum atomic E-state index is -0.635. The summed E-state index contributed by atoms with van der Waals surface area (Å²) in [7, 11) is 3.14. The van der Waals surface area contributed by atoms with Gasteiger partial charge in [-0.05, 0) is 18.2 Å². The van der Waals surface area contributed by atoms with Crippen molar-refractivity contribution in [2.45, 2.75) is 0 Å². The van der Waals surface area contributed by atoms with Gasteiger partial charge < -0.3 is 15.0 Å². The second-order valence-corrected chi connectivity index (χ2v) is 5.43. The highest BCUT2D eigenvalue weighted by Gasteiger charge is 2.34. The molecule has 1 N–H and O–H groups in total. The molecule has 0 saturated carbocycles. The van der Waals surface area contributed by atoms with Crippen LogP contribution in [0.5, 0.6) is 5.75 Å². The zero-order valence-corrected chi connectivity index (χ0v) is 13.7. The van der Waals surface area contributed by atoms with Crippen LogP contribution >= 0.6 is 0 Å². The molecule has 3 rings (SSSR count). The van der Waals surface area contributed by atoms with Gasteiger partial charge in [-0.1, -0.05) is 24.3 Å². The Kier molecular flexibility index (Phi) is 4.23. The molecular weight excluding hydrogens is 318 g/mol. The molecule has 0 unspecified atom stereocenters. The van der Waals surface area contributed by atoms with Gasteiger partial charge in [0.2, 0.25) is 0 Å². The van der Waals surface area contributed by atoms with Crippen molar-refractivity contribution in [2.75, 3.05) is 24.4 Å². The fourth-order valence-electron chi connectivity index (χ4n) is 2.73. The van der Waals surface area contributed by atoms with Crippen molar-refractivity contribution in [1.29, 1.82) is 5.26 Å². The number of benzene rings is 2. The molecule has 0 saturated heterocycles. The number of nitriles is 1. The number of ether oxygens (including phenoxy) is 1. The molecule has 6 heteroatoms. The number of hydrogen-bond donors (Lipinski definition) is 1. The molecule has 124 valence electrons. The predicted molar refractivity (Wildman–Crippen MR) is 94.0 cm³/mol. The lowest BCUT2D eigenvalue weighted by Gasteiger charge is -2.09. The van der Waals surface area contributed by atoms with Gasteiger partial charge in [-0.2, -0.15) is 5.26 Å². The predicted octanol–water partition coefficient (Wildman–Crippen LogP) is 2.59. The molecule has 1 heterocycles. The van der Waals surface area contributed by atoms with Crippen LogP contribution in [-0.2, 0) is 9.59 Å². The summed E-state index contributed by atoms with van der Waals surface area (Å²) in [5.74, 6) is -0.436. The maximum absolute atomic E-state index is 12.6. The van der Waals surface area contributed by atoms with E-state index in [-0.39, 0.29) is 17.1 Å². The first-order valence-corrected chi connectivity index (χ1v) is 7.54. The van der Waals surface area contributed by atoms with Crippen LogP contribution in [0.2, 0.25) is 0 Å². The van der Waals surface area contributed by atoms with Crippen LogP contribution in [-0.4, -0.2) is 26.0 Å². The quantitative estimate of drug-likeness (QED) is 0.691. The zero-order chi connectivity index (χ0) is 18.0. The molecule has 2 amide bonds. The number of hydrogen-bond acceptors (Lipinski definition) is 4. The summed E-state index contributed by atoms with van der Waals surface area (Å²) in [5, 5.41) is 12.1. The largest absolute Gasteiger partial charge is 0.497 e. The molecule has 0 bridgehead atoms. The summed E-state index contributed by atoms with van der Waals surface area (Å²) in [6, 6.07) is 15.7. The van der Waals surface area contributed by atoms with Gasteiger partial charge in [-0.3, -0.25) is 9.59 Å². The summed E-state index contributed by atoms with van der Waals surface area (Å²) in [6.07, 6.45) is 0. The molecule has 2 aromatic rings. The minimum absolute atomic E-state index is 0.112.